The van der Waals surface area contributed by atoms with Gasteiger partial charge in [-0.3, -0.25) is 4.79 Å². The Kier molecular flexibility index (Phi) is 5.04. The quantitative estimate of drug-likeness (QED) is 0.833. The Morgan fingerprint density at radius 2 is 2.24 bits per heavy atom. The van der Waals surface area contributed by atoms with Gasteiger partial charge in [0.1, 0.15) is 11.8 Å². The molecule has 0 bridgehead atoms. The lowest BCUT2D eigenvalue weighted by molar-refractivity contribution is 0.0910. The van der Waals surface area contributed by atoms with E-state index in [1.807, 2.05) is 6.07 Å². The molecule has 1 aromatic rings. The van der Waals surface area contributed by atoms with Crippen LogP contribution in [0.3, 0.4) is 0 Å². The number of anilines is 1. The number of benzene rings is 1. The molecule has 1 fully saturated rings. The molecule has 1 aliphatic rings. The van der Waals surface area contributed by atoms with Crippen LogP contribution in [0.1, 0.15) is 43.0 Å². The maximum Gasteiger partial charge on any atom is 0.251 e. The van der Waals surface area contributed by atoms with Gasteiger partial charge in [0.2, 0.25) is 0 Å². The minimum Gasteiger partial charge on any atom is -0.477 e. The summed E-state index contributed by atoms with van der Waals surface area (Å²) in [5.74, 6) is 0.766. The van der Waals surface area contributed by atoms with Crippen molar-refractivity contribution < 1.29 is 9.53 Å². The summed E-state index contributed by atoms with van der Waals surface area (Å²) in [6, 6.07) is 7.02. The van der Waals surface area contributed by atoms with Gasteiger partial charge in [0, 0.05) is 11.6 Å². The highest BCUT2D eigenvalue weighted by Gasteiger charge is 2.23. The van der Waals surface area contributed by atoms with Crippen LogP contribution in [0.2, 0.25) is 0 Å². The lowest BCUT2D eigenvalue weighted by Crippen LogP contribution is -2.41. The summed E-state index contributed by atoms with van der Waals surface area (Å²) in [5, 5.41) is 11.6. The molecule has 5 heteroatoms. The number of nitrogens with two attached hydrogens (primary N) is 1. The molecule has 1 amide bonds. The highest BCUT2D eigenvalue weighted by Crippen LogP contribution is 2.25. The molecule has 0 saturated heterocycles. The lowest BCUT2D eigenvalue weighted by Gasteiger charge is -2.29. The summed E-state index contributed by atoms with van der Waals surface area (Å²) in [5.41, 5.74) is 6.70. The van der Waals surface area contributed by atoms with Gasteiger partial charge in [-0.2, -0.15) is 5.26 Å². The van der Waals surface area contributed by atoms with E-state index in [4.69, 9.17) is 15.7 Å². The fourth-order valence-corrected chi connectivity index (χ4v) is 2.69. The largest absolute Gasteiger partial charge is 0.477 e. The Labute approximate surface area is 125 Å². The molecule has 112 valence electrons. The zero-order valence-corrected chi connectivity index (χ0v) is 12.3. The van der Waals surface area contributed by atoms with Crippen LogP contribution < -0.4 is 15.8 Å². The fraction of sp³-hybridized carbons (Fsp3) is 0.500. The number of amides is 1. The van der Waals surface area contributed by atoms with Crippen molar-refractivity contribution in [2.45, 2.75) is 38.6 Å². The maximum absolute atomic E-state index is 12.3. The number of carbonyl (C=O) groups excluding carboxylic acids is 1. The van der Waals surface area contributed by atoms with Crippen molar-refractivity contribution in [3.63, 3.8) is 0 Å². The zero-order valence-electron chi connectivity index (χ0n) is 12.3. The average molecular weight is 287 g/mol. The van der Waals surface area contributed by atoms with Crippen LogP contribution in [0, 0.1) is 17.2 Å². The minimum atomic E-state index is -0.115. The van der Waals surface area contributed by atoms with E-state index in [1.165, 1.54) is 6.42 Å². The highest BCUT2D eigenvalue weighted by atomic mass is 16.5. The molecule has 1 aliphatic carbocycles. The van der Waals surface area contributed by atoms with E-state index < -0.39 is 0 Å². The molecule has 2 rings (SSSR count). The molecule has 21 heavy (non-hydrogen) atoms. The summed E-state index contributed by atoms with van der Waals surface area (Å²) in [4.78, 5) is 12.3. The molecular formula is C16H21N3O2. The number of hydrogen-bond donors (Lipinski definition) is 2. The second-order valence-corrected chi connectivity index (χ2v) is 5.54. The summed E-state index contributed by atoms with van der Waals surface area (Å²) in [6.07, 6.45) is 4.58. The Bertz CT molecular complexity index is 551. The van der Waals surface area contributed by atoms with Crippen molar-refractivity contribution in [2.75, 3.05) is 12.3 Å². The fourth-order valence-electron chi connectivity index (χ4n) is 2.69. The van der Waals surface area contributed by atoms with E-state index in [1.54, 1.807) is 18.2 Å². The van der Waals surface area contributed by atoms with Crippen LogP contribution in [0.5, 0.6) is 5.75 Å². The molecule has 1 saturated carbocycles. The van der Waals surface area contributed by atoms with Crippen LogP contribution in [0.15, 0.2) is 18.2 Å². The number of nitrogens with zero attached hydrogens (tertiary/aromatic N) is 1. The number of rotatable bonds is 4. The third kappa shape index (κ3) is 3.88. The predicted octanol–water partition coefficient (Wildman–Crippen LogP) is 2.48. The van der Waals surface area contributed by atoms with Crippen molar-refractivity contribution in [1.29, 1.82) is 5.26 Å². The normalized spacial score (nSPS) is 21.3. The van der Waals surface area contributed by atoms with Crippen molar-refractivity contribution in [3.8, 4) is 11.8 Å². The van der Waals surface area contributed by atoms with Crippen LogP contribution in [0.4, 0.5) is 5.69 Å². The minimum absolute atomic E-state index is 0.0884. The summed E-state index contributed by atoms with van der Waals surface area (Å²) >= 11 is 0. The first-order valence-corrected chi connectivity index (χ1v) is 7.32. The SMILES string of the molecule is CC1CCCCC1NC(=O)c1ccc(N)c(OCC#N)c1. The van der Waals surface area contributed by atoms with Gasteiger partial charge in [-0.05, 0) is 37.0 Å². The van der Waals surface area contributed by atoms with E-state index >= 15 is 0 Å². The van der Waals surface area contributed by atoms with Crippen molar-refractivity contribution in [1.82, 2.24) is 5.32 Å². The molecule has 2 atom stereocenters. The Morgan fingerprint density at radius 1 is 1.48 bits per heavy atom. The first-order chi connectivity index (χ1) is 10.1. The second-order valence-electron chi connectivity index (χ2n) is 5.54. The number of nitrogens with one attached hydrogen (secondary N) is 1. The first-order valence-electron chi connectivity index (χ1n) is 7.32. The number of ether oxygens (including phenoxy) is 1. The monoisotopic (exact) mass is 287 g/mol. The van der Waals surface area contributed by atoms with Gasteiger partial charge < -0.3 is 15.8 Å². The van der Waals surface area contributed by atoms with E-state index in [0.29, 0.717) is 22.9 Å². The van der Waals surface area contributed by atoms with Crippen molar-refractivity contribution in [3.05, 3.63) is 23.8 Å². The lowest BCUT2D eigenvalue weighted by atomic mass is 9.86. The molecule has 5 nitrogen and oxygen atoms in total. The summed E-state index contributed by atoms with van der Waals surface area (Å²) in [7, 11) is 0. The molecule has 0 aliphatic heterocycles. The smallest absolute Gasteiger partial charge is 0.251 e. The van der Waals surface area contributed by atoms with Crippen molar-refractivity contribution >= 4 is 11.6 Å². The van der Waals surface area contributed by atoms with Gasteiger partial charge in [-0.25, -0.2) is 0 Å². The van der Waals surface area contributed by atoms with E-state index in [2.05, 4.69) is 12.2 Å². The molecule has 0 heterocycles. The molecule has 3 N–H and O–H groups in total. The number of nitrogen functional groups attached to an aromatic ring is 1. The molecule has 0 aromatic heterocycles. The standard InChI is InChI=1S/C16H21N3O2/c1-11-4-2-3-5-14(11)19-16(20)12-6-7-13(18)15(10-12)21-9-8-17/h6-7,10-11,14H,2-5,9,18H2,1H3,(H,19,20). The van der Waals surface area contributed by atoms with Crippen LogP contribution in [-0.4, -0.2) is 18.6 Å². The molecule has 0 radical (unpaired) electrons. The van der Waals surface area contributed by atoms with E-state index in [-0.39, 0.29) is 18.6 Å². The molecule has 2 unspecified atom stereocenters. The van der Waals surface area contributed by atoms with Crippen LogP contribution >= 0.6 is 0 Å². The Morgan fingerprint density at radius 3 is 2.95 bits per heavy atom. The third-order valence-electron chi connectivity index (χ3n) is 4.00. The Hall–Kier alpha value is -2.22. The van der Waals surface area contributed by atoms with Crippen LogP contribution in [-0.2, 0) is 0 Å². The first kappa shape index (κ1) is 15.2. The van der Waals surface area contributed by atoms with Crippen LogP contribution in [0.25, 0.3) is 0 Å². The van der Waals surface area contributed by atoms with Gasteiger partial charge in [0.15, 0.2) is 6.61 Å². The van der Waals surface area contributed by atoms with E-state index in [9.17, 15) is 4.79 Å². The van der Waals surface area contributed by atoms with Gasteiger partial charge in [-0.1, -0.05) is 19.8 Å². The maximum atomic E-state index is 12.3. The number of hydrogen-bond acceptors (Lipinski definition) is 4. The number of carbonyl (C=O) groups is 1. The number of nitriles is 1. The summed E-state index contributed by atoms with van der Waals surface area (Å²) < 4.78 is 5.22. The molecule has 0 spiro atoms. The summed E-state index contributed by atoms with van der Waals surface area (Å²) in [6.45, 7) is 2.09. The van der Waals surface area contributed by atoms with E-state index in [0.717, 1.165) is 19.3 Å². The van der Waals surface area contributed by atoms with Gasteiger partial charge in [0.25, 0.3) is 5.91 Å². The highest BCUT2D eigenvalue weighted by molar-refractivity contribution is 5.95. The Balaban J connectivity index is 2.06. The predicted molar refractivity (Wildman–Crippen MR) is 80.8 cm³/mol. The zero-order chi connectivity index (χ0) is 15.2. The second kappa shape index (κ2) is 6.98. The molecule has 1 aromatic carbocycles. The van der Waals surface area contributed by atoms with Gasteiger partial charge >= 0.3 is 0 Å². The van der Waals surface area contributed by atoms with Gasteiger partial charge in [-0.15, -0.1) is 0 Å². The van der Waals surface area contributed by atoms with Gasteiger partial charge in [0.05, 0.1) is 5.69 Å². The average Bonchev–Trinajstić information content (AvgIpc) is 2.48. The van der Waals surface area contributed by atoms with Crippen molar-refractivity contribution in [2.24, 2.45) is 5.92 Å². The third-order valence-corrected chi connectivity index (χ3v) is 4.00. The topological polar surface area (TPSA) is 88.1 Å². The molecular weight excluding hydrogens is 266 g/mol.